The highest BCUT2D eigenvalue weighted by atomic mass is 16.5. The van der Waals surface area contributed by atoms with Crippen molar-refractivity contribution >= 4 is 5.69 Å². The lowest BCUT2D eigenvalue weighted by Gasteiger charge is -2.19. The molecule has 0 aliphatic heterocycles. The van der Waals surface area contributed by atoms with Gasteiger partial charge in [0.1, 0.15) is 5.75 Å². The molecule has 2 aromatic rings. The molecule has 0 saturated carbocycles. The highest BCUT2D eigenvalue weighted by molar-refractivity contribution is 5.57. The normalized spacial score (nSPS) is 12.2. The zero-order chi connectivity index (χ0) is 14.4. The number of rotatable bonds is 6. The summed E-state index contributed by atoms with van der Waals surface area (Å²) < 4.78 is 5.86. The Balaban J connectivity index is 2.09. The molecular formula is C17H22N2O. The molecule has 0 amide bonds. The highest BCUT2D eigenvalue weighted by Crippen LogP contribution is 2.28. The number of pyridine rings is 1. The molecule has 1 heterocycles. The predicted octanol–water partition coefficient (Wildman–Crippen LogP) is 4.29. The Bertz CT molecular complexity index is 526. The van der Waals surface area contributed by atoms with Gasteiger partial charge in [-0.3, -0.25) is 4.98 Å². The molecule has 3 heteroatoms. The van der Waals surface area contributed by atoms with Crippen LogP contribution in [0.2, 0.25) is 0 Å². The Kier molecular flexibility index (Phi) is 4.99. The fourth-order valence-electron chi connectivity index (χ4n) is 1.94. The summed E-state index contributed by atoms with van der Waals surface area (Å²) in [6.07, 6.45) is 3.63. The van der Waals surface area contributed by atoms with Crippen molar-refractivity contribution in [2.45, 2.75) is 26.8 Å². The zero-order valence-corrected chi connectivity index (χ0v) is 12.3. The van der Waals surface area contributed by atoms with Crippen molar-refractivity contribution in [3.63, 3.8) is 0 Å². The summed E-state index contributed by atoms with van der Waals surface area (Å²) in [5.74, 6) is 1.42. The van der Waals surface area contributed by atoms with Gasteiger partial charge in [-0.1, -0.05) is 26.0 Å². The van der Waals surface area contributed by atoms with Crippen LogP contribution in [0.4, 0.5) is 5.69 Å². The van der Waals surface area contributed by atoms with Crippen molar-refractivity contribution in [1.82, 2.24) is 4.98 Å². The average Bonchev–Trinajstić information content (AvgIpc) is 2.47. The molecular weight excluding hydrogens is 248 g/mol. The standard InChI is InChI=1S/C17H22N2O/c1-13(2)12-20-17-7-5-4-6-16(17)19-14(3)15-8-10-18-11-9-15/h4-11,13-14,19H,12H2,1-3H3. The fourth-order valence-corrected chi connectivity index (χ4v) is 1.94. The molecule has 0 bridgehead atoms. The van der Waals surface area contributed by atoms with E-state index in [9.17, 15) is 0 Å². The van der Waals surface area contributed by atoms with E-state index in [-0.39, 0.29) is 6.04 Å². The van der Waals surface area contributed by atoms with Gasteiger partial charge in [-0.15, -0.1) is 0 Å². The van der Waals surface area contributed by atoms with Gasteiger partial charge < -0.3 is 10.1 Å². The maximum atomic E-state index is 5.86. The number of ether oxygens (including phenoxy) is 1. The second kappa shape index (κ2) is 6.94. The van der Waals surface area contributed by atoms with Crippen LogP contribution in [0, 0.1) is 5.92 Å². The topological polar surface area (TPSA) is 34.1 Å². The number of aromatic nitrogens is 1. The molecule has 1 unspecified atom stereocenters. The van der Waals surface area contributed by atoms with Crippen LogP contribution < -0.4 is 10.1 Å². The van der Waals surface area contributed by atoms with Crippen LogP contribution in [-0.2, 0) is 0 Å². The van der Waals surface area contributed by atoms with Crippen LogP contribution in [-0.4, -0.2) is 11.6 Å². The Morgan fingerprint density at radius 3 is 2.45 bits per heavy atom. The lowest BCUT2D eigenvalue weighted by Crippen LogP contribution is -2.10. The van der Waals surface area contributed by atoms with E-state index in [1.165, 1.54) is 5.56 Å². The van der Waals surface area contributed by atoms with Gasteiger partial charge in [0.2, 0.25) is 0 Å². The van der Waals surface area contributed by atoms with Crippen LogP contribution >= 0.6 is 0 Å². The first kappa shape index (κ1) is 14.4. The third-order valence-electron chi connectivity index (χ3n) is 3.04. The van der Waals surface area contributed by atoms with Crippen LogP contribution in [0.3, 0.4) is 0 Å². The predicted molar refractivity (Wildman–Crippen MR) is 83.0 cm³/mol. The van der Waals surface area contributed by atoms with Crippen LogP contribution in [0.1, 0.15) is 32.4 Å². The highest BCUT2D eigenvalue weighted by Gasteiger charge is 2.09. The van der Waals surface area contributed by atoms with Crippen LogP contribution in [0.15, 0.2) is 48.8 Å². The van der Waals surface area contributed by atoms with E-state index in [4.69, 9.17) is 4.74 Å². The van der Waals surface area contributed by atoms with Gasteiger partial charge >= 0.3 is 0 Å². The maximum Gasteiger partial charge on any atom is 0.142 e. The largest absolute Gasteiger partial charge is 0.491 e. The van der Waals surface area contributed by atoms with E-state index >= 15 is 0 Å². The molecule has 1 aromatic heterocycles. The molecule has 1 N–H and O–H groups in total. The number of anilines is 1. The summed E-state index contributed by atoms with van der Waals surface area (Å²) in [6.45, 7) is 7.15. The lowest BCUT2D eigenvalue weighted by atomic mass is 10.1. The number of nitrogens with zero attached hydrogens (tertiary/aromatic N) is 1. The summed E-state index contributed by atoms with van der Waals surface area (Å²) in [5.41, 5.74) is 2.23. The van der Waals surface area contributed by atoms with E-state index in [1.54, 1.807) is 0 Å². The molecule has 0 radical (unpaired) electrons. The number of benzene rings is 1. The van der Waals surface area contributed by atoms with Crippen molar-refractivity contribution < 1.29 is 4.74 Å². The van der Waals surface area contributed by atoms with Gasteiger partial charge in [0, 0.05) is 18.4 Å². The fraction of sp³-hybridized carbons (Fsp3) is 0.353. The third kappa shape index (κ3) is 3.98. The first-order chi connectivity index (χ1) is 9.66. The molecule has 2 rings (SSSR count). The molecule has 20 heavy (non-hydrogen) atoms. The SMILES string of the molecule is CC(C)COc1ccccc1NC(C)c1ccncc1. The van der Waals surface area contributed by atoms with Crippen LogP contribution in [0.25, 0.3) is 0 Å². The quantitative estimate of drug-likeness (QED) is 0.850. The minimum atomic E-state index is 0.210. The molecule has 0 spiro atoms. The number of nitrogens with one attached hydrogen (secondary N) is 1. The Morgan fingerprint density at radius 1 is 1.05 bits per heavy atom. The molecule has 3 nitrogen and oxygen atoms in total. The van der Waals surface area contributed by atoms with Gasteiger partial charge in [-0.25, -0.2) is 0 Å². The van der Waals surface area contributed by atoms with E-state index in [0.717, 1.165) is 18.0 Å². The number of hydrogen-bond acceptors (Lipinski definition) is 3. The van der Waals surface area contributed by atoms with Crippen LogP contribution in [0.5, 0.6) is 5.75 Å². The minimum absolute atomic E-state index is 0.210. The number of para-hydroxylation sites is 2. The van der Waals surface area contributed by atoms with Crippen molar-refractivity contribution in [3.05, 3.63) is 54.4 Å². The van der Waals surface area contributed by atoms with Crippen molar-refractivity contribution in [3.8, 4) is 5.75 Å². The summed E-state index contributed by atoms with van der Waals surface area (Å²) >= 11 is 0. The van der Waals surface area contributed by atoms with E-state index < -0.39 is 0 Å². The van der Waals surface area contributed by atoms with E-state index in [1.807, 2.05) is 48.8 Å². The van der Waals surface area contributed by atoms with Gasteiger partial charge in [0.25, 0.3) is 0 Å². The summed E-state index contributed by atoms with van der Waals surface area (Å²) in [4.78, 5) is 4.05. The Labute approximate surface area is 121 Å². The monoisotopic (exact) mass is 270 g/mol. The molecule has 1 atom stereocenters. The van der Waals surface area contributed by atoms with Gasteiger partial charge in [0.15, 0.2) is 0 Å². The van der Waals surface area contributed by atoms with E-state index in [0.29, 0.717) is 5.92 Å². The summed E-state index contributed by atoms with van der Waals surface area (Å²) in [5, 5.41) is 3.50. The maximum absolute atomic E-state index is 5.86. The third-order valence-corrected chi connectivity index (χ3v) is 3.04. The summed E-state index contributed by atoms with van der Waals surface area (Å²) in [6, 6.07) is 12.3. The molecule has 0 aliphatic carbocycles. The minimum Gasteiger partial charge on any atom is -0.491 e. The van der Waals surface area contributed by atoms with Gasteiger partial charge in [0.05, 0.1) is 12.3 Å². The molecule has 106 valence electrons. The zero-order valence-electron chi connectivity index (χ0n) is 12.3. The average molecular weight is 270 g/mol. The first-order valence-corrected chi connectivity index (χ1v) is 7.05. The molecule has 0 aliphatic rings. The van der Waals surface area contributed by atoms with Gasteiger partial charge in [-0.05, 0) is 42.7 Å². The van der Waals surface area contributed by atoms with E-state index in [2.05, 4.69) is 31.1 Å². The molecule has 1 aromatic carbocycles. The number of hydrogen-bond donors (Lipinski definition) is 1. The van der Waals surface area contributed by atoms with Crippen molar-refractivity contribution in [2.24, 2.45) is 5.92 Å². The smallest absolute Gasteiger partial charge is 0.142 e. The lowest BCUT2D eigenvalue weighted by molar-refractivity contribution is 0.272. The Hall–Kier alpha value is -2.03. The van der Waals surface area contributed by atoms with Gasteiger partial charge in [-0.2, -0.15) is 0 Å². The molecule has 0 fully saturated rings. The second-order valence-corrected chi connectivity index (χ2v) is 5.35. The second-order valence-electron chi connectivity index (χ2n) is 5.35. The van der Waals surface area contributed by atoms with Crippen molar-refractivity contribution in [1.29, 1.82) is 0 Å². The molecule has 0 saturated heterocycles. The van der Waals surface area contributed by atoms with Crippen molar-refractivity contribution in [2.75, 3.05) is 11.9 Å². The summed E-state index contributed by atoms with van der Waals surface area (Å²) in [7, 11) is 0. The Morgan fingerprint density at radius 2 is 1.75 bits per heavy atom. The first-order valence-electron chi connectivity index (χ1n) is 7.05.